The Kier molecular flexibility index (Phi) is 6.47. The van der Waals surface area contributed by atoms with Crippen LogP contribution in [0.1, 0.15) is 49.1 Å². The Morgan fingerprint density at radius 1 is 1.07 bits per heavy atom. The Balaban J connectivity index is 1.67. The molecule has 0 spiro atoms. The first kappa shape index (κ1) is 19.5. The van der Waals surface area contributed by atoms with Crippen LogP contribution in [0.2, 0.25) is 0 Å². The number of pyridine rings is 1. The molecule has 1 aliphatic rings. The van der Waals surface area contributed by atoms with Crippen molar-refractivity contribution in [1.29, 1.82) is 0 Å². The first-order chi connectivity index (χ1) is 14.3. The van der Waals surface area contributed by atoms with E-state index in [9.17, 15) is 0 Å². The highest BCUT2D eigenvalue weighted by atomic mass is 32.1. The zero-order valence-electron chi connectivity index (χ0n) is 16.6. The Labute approximate surface area is 176 Å². The molecule has 0 aliphatic heterocycles. The van der Waals surface area contributed by atoms with Gasteiger partial charge in [0.15, 0.2) is 0 Å². The second-order valence-corrected chi connectivity index (χ2v) is 8.16. The van der Waals surface area contributed by atoms with E-state index >= 15 is 0 Å². The van der Waals surface area contributed by atoms with Gasteiger partial charge >= 0.3 is 0 Å². The molecule has 1 saturated carbocycles. The third kappa shape index (κ3) is 4.80. The SMILES string of the molecule is C=CCN=c1scc(-c2ccc(C3CCCCC3)cc2)n1N=Cc1ccncc1. The summed E-state index contributed by atoms with van der Waals surface area (Å²) >= 11 is 1.60. The first-order valence-electron chi connectivity index (χ1n) is 10.2. The van der Waals surface area contributed by atoms with Crippen LogP contribution in [0.5, 0.6) is 0 Å². The molecule has 0 radical (unpaired) electrons. The average molecular weight is 403 g/mol. The molecular weight excluding hydrogens is 376 g/mol. The second kappa shape index (κ2) is 9.61. The van der Waals surface area contributed by atoms with Gasteiger partial charge in [-0.25, -0.2) is 4.68 Å². The van der Waals surface area contributed by atoms with Crippen molar-refractivity contribution in [1.82, 2.24) is 9.66 Å². The number of nitrogens with zero attached hydrogens (tertiary/aromatic N) is 4. The molecule has 4 nitrogen and oxygen atoms in total. The van der Waals surface area contributed by atoms with E-state index in [1.165, 1.54) is 37.7 Å². The van der Waals surface area contributed by atoms with Crippen molar-refractivity contribution in [3.05, 3.63) is 82.8 Å². The van der Waals surface area contributed by atoms with Crippen molar-refractivity contribution in [3.8, 4) is 11.3 Å². The Morgan fingerprint density at radius 3 is 2.55 bits per heavy atom. The van der Waals surface area contributed by atoms with E-state index in [4.69, 9.17) is 5.10 Å². The lowest BCUT2D eigenvalue weighted by Gasteiger charge is -2.22. The summed E-state index contributed by atoms with van der Waals surface area (Å²) in [5, 5.41) is 6.85. The molecule has 2 heterocycles. The van der Waals surface area contributed by atoms with Gasteiger partial charge in [-0.15, -0.1) is 17.9 Å². The van der Waals surface area contributed by atoms with Gasteiger partial charge in [-0.05, 0) is 42.0 Å². The molecule has 148 valence electrons. The Morgan fingerprint density at radius 2 is 1.83 bits per heavy atom. The molecule has 0 N–H and O–H groups in total. The molecular formula is C24H26N4S. The summed E-state index contributed by atoms with van der Waals surface area (Å²) in [5.41, 5.74) is 4.69. The maximum atomic E-state index is 4.72. The van der Waals surface area contributed by atoms with Crippen LogP contribution in [0.15, 0.2) is 76.9 Å². The monoisotopic (exact) mass is 402 g/mol. The van der Waals surface area contributed by atoms with Crippen LogP contribution >= 0.6 is 11.3 Å². The van der Waals surface area contributed by atoms with Crippen molar-refractivity contribution in [3.63, 3.8) is 0 Å². The number of benzene rings is 1. The smallest absolute Gasteiger partial charge is 0.206 e. The third-order valence-corrected chi connectivity index (χ3v) is 6.21. The molecule has 2 aromatic heterocycles. The van der Waals surface area contributed by atoms with E-state index in [-0.39, 0.29) is 0 Å². The molecule has 0 amide bonds. The molecule has 3 aromatic rings. The summed E-state index contributed by atoms with van der Waals surface area (Å²) in [6.45, 7) is 4.35. The minimum Gasteiger partial charge on any atom is -0.265 e. The lowest BCUT2D eigenvalue weighted by atomic mass is 9.84. The molecule has 4 rings (SSSR count). The van der Waals surface area contributed by atoms with E-state index in [1.807, 2.05) is 23.0 Å². The average Bonchev–Trinajstić information content (AvgIpc) is 3.20. The zero-order valence-corrected chi connectivity index (χ0v) is 17.4. The summed E-state index contributed by atoms with van der Waals surface area (Å²) in [6.07, 6.45) is 13.9. The fourth-order valence-corrected chi connectivity index (χ4v) is 4.64. The van der Waals surface area contributed by atoms with Crippen LogP contribution in [0.4, 0.5) is 0 Å². The van der Waals surface area contributed by atoms with Crippen molar-refractivity contribution in [2.24, 2.45) is 10.1 Å². The summed E-state index contributed by atoms with van der Waals surface area (Å²) in [6, 6.07) is 12.9. The van der Waals surface area contributed by atoms with Gasteiger partial charge in [0.25, 0.3) is 0 Å². The minimum atomic E-state index is 0.575. The number of hydrogen-bond acceptors (Lipinski definition) is 4. The molecule has 1 fully saturated rings. The maximum Gasteiger partial charge on any atom is 0.206 e. The zero-order chi connectivity index (χ0) is 19.9. The fourth-order valence-electron chi connectivity index (χ4n) is 3.80. The van der Waals surface area contributed by atoms with Crippen LogP contribution in [-0.2, 0) is 0 Å². The van der Waals surface area contributed by atoms with E-state index in [0.29, 0.717) is 6.54 Å². The van der Waals surface area contributed by atoms with Gasteiger partial charge in [-0.2, -0.15) is 5.10 Å². The summed E-state index contributed by atoms with van der Waals surface area (Å²) in [4.78, 5) is 9.54. The summed E-state index contributed by atoms with van der Waals surface area (Å²) in [7, 11) is 0. The lowest BCUT2D eigenvalue weighted by Crippen LogP contribution is -2.12. The summed E-state index contributed by atoms with van der Waals surface area (Å²) in [5.74, 6) is 0.718. The van der Waals surface area contributed by atoms with E-state index in [2.05, 4.69) is 46.2 Å². The number of rotatable bonds is 6. The number of aromatic nitrogens is 2. The van der Waals surface area contributed by atoms with Gasteiger partial charge in [-0.3, -0.25) is 9.98 Å². The topological polar surface area (TPSA) is 42.5 Å². The first-order valence-corrected chi connectivity index (χ1v) is 11.1. The van der Waals surface area contributed by atoms with Crippen molar-refractivity contribution in [2.45, 2.75) is 38.0 Å². The van der Waals surface area contributed by atoms with Crippen LogP contribution in [0.3, 0.4) is 0 Å². The van der Waals surface area contributed by atoms with Crippen LogP contribution in [-0.4, -0.2) is 22.4 Å². The predicted octanol–water partition coefficient (Wildman–Crippen LogP) is 5.63. The van der Waals surface area contributed by atoms with Gasteiger partial charge in [0.2, 0.25) is 4.80 Å². The maximum absolute atomic E-state index is 4.72. The molecule has 0 saturated heterocycles. The van der Waals surface area contributed by atoms with Crippen LogP contribution in [0, 0.1) is 0 Å². The highest BCUT2D eigenvalue weighted by Gasteiger charge is 2.16. The fraction of sp³-hybridized carbons (Fsp3) is 0.292. The highest BCUT2D eigenvalue weighted by molar-refractivity contribution is 7.07. The number of thiazole rings is 1. The van der Waals surface area contributed by atoms with Crippen LogP contribution in [0.25, 0.3) is 11.3 Å². The third-order valence-electron chi connectivity index (χ3n) is 5.35. The normalized spacial score (nSPS) is 15.8. The molecule has 0 atom stereocenters. The molecule has 29 heavy (non-hydrogen) atoms. The molecule has 5 heteroatoms. The van der Waals surface area contributed by atoms with E-state index in [0.717, 1.165) is 27.5 Å². The van der Waals surface area contributed by atoms with E-state index in [1.54, 1.807) is 29.8 Å². The van der Waals surface area contributed by atoms with Gasteiger partial charge in [-0.1, -0.05) is 49.6 Å². The molecule has 0 bridgehead atoms. The lowest BCUT2D eigenvalue weighted by molar-refractivity contribution is 0.443. The molecule has 1 aromatic carbocycles. The molecule has 0 unspecified atom stereocenters. The second-order valence-electron chi connectivity index (χ2n) is 7.33. The largest absolute Gasteiger partial charge is 0.265 e. The molecule has 1 aliphatic carbocycles. The Hall–Kier alpha value is -2.79. The van der Waals surface area contributed by atoms with Gasteiger partial charge in [0.1, 0.15) is 0 Å². The Bertz CT molecular complexity index is 1020. The predicted molar refractivity (Wildman–Crippen MR) is 121 cm³/mol. The van der Waals surface area contributed by atoms with Gasteiger partial charge in [0, 0.05) is 23.3 Å². The standard InChI is InChI=1S/C24H26N4S/c1-2-14-26-24-28(27-17-19-12-15-25-16-13-19)23(18-29-24)22-10-8-21(9-11-22)20-6-4-3-5-7-20/h2,8-13,15-18,20H,1,3-7,14H2. The summed E-state index contributed by atoms with van der Waals surface area (Å²) < 4.78 is 1.92. The van der Waals surface area contributed by atoms with Crippen molar-refractivity contribution >= 4 is 17.6 Å². The van der Waals surface area contributed by atoms with Crippen LogP contribution < -0.4 is 4.80 Å². The van der Waals surface area contributed by atoms with Gasteiger partial charge < -0.3 is 0 Å². The van der Waals surface area contributed by atoms with Crippen molar-refractivity contribution < 1.29 is 0 Å². The van der Waals surface area contributed by atoms with Gasteiger partial charge in [0.05, 0.1) is 18.5 Å². The highest BCUT2D eigenvalue weighted by Crippen LogP contribution is 2.33. The van der Waals surface area contributed by atoms with E-state index < -0.39 is 0 Å². The quantitative estimate of drug-likeness (QED) is 0.389. The minimum absolute atomic E-state index is 0.575. The number of hydrogen-bond donors (Lipinski definition) is 0. The van der Waals surface area contributed by atoms with Crippen molar-refractivity contribution in [2.75, 3.05) is 6.54 Å².